The molecule has 0 unspecified atom stereocenters. The van der Waals surface area contributed by atoms with E-state index in [1.165, 1.54) is 11.9 Å². The second kappa shape index (κ2) is 7.47. The maximum Gasteiger partial charge on any atom is 0.134 e. The van der Waals surface area contributed by atoms with Gasteiger partial charge in [-0.3, -0.25) is 0 Å². The van der Waals surface area contributed by atoms with Crippen molar-refractivity contribution in [2.45, 2.75) is 26.7 Å². The zero-order chi connectivity index (χ0) is 15.1. The molecule has 1 aromatic heterocycles. The van der Waals surface area contributed by atoms with Crippen molar-refractivity contribution < 1.29 is 4.74 Å². The molecular formula is C16H22N4O. The van der Waals surface area contributed by atoms with Crippen LogP contribution in [0.3, 0.4) is 0 Å². The van der Waals surface area contributed by atoms with Crippen molar-refractivity contribution in [3.05, 3.63) is 41.7 Å². The lowest BCUT2D eigenvalue weighted by Crippen LogP contribution is -2.15. The fraction of sp³-hybridized carbons (Fsp3) is 0.375. The second-order valence-electron chi connectivity index (χ2n) is 4.93. The highest BCUT2D eigenvalue weighted by Crippen LogP contribution is 2.18. The fourth-order valence-corrected chi connectivity index (χ4v) is 2.12. The quantitative estimate of drug-likeness (QED) is 0.766. The third-order valence-corrected chi connectivity index (χ3v) is 3.13. The summed E-state index contributed by atoms with van der Waals surface area (Å²) in [5.74, 6) is 2.24. The first-order valence-corrected chi connectivity index (χ1v) is 7.23. The minimum atomic E-state index is 0.550. The van der Waals surface area contributed by atoms with Crippen molar-refractivity contribution in [1.82, 2.24) is 9.97 Å². The Morgan fingerprint density at radius 1 is 1.29 bits per heavy atom. The van der Waals surface area contributed by atoms with Gasteiger partial charge in [0.25, 0.3) is 0 Å². The van der Waals surface area contributed by atoms with E-state index in [2.05, 4.69) is 22.2 Å². The van der Waals surface area contributed by atoms with Crippen LogP contribution in [-0.2, 0) is 6.42 Å². The molecular weight excluding hydrogens is 264 g/mol. The van der Waals surface area contributed by atoms with Gasteiger partial charge in [0.2, 0.25) is 0 Å². The first kappa shape index (κ1) is 15.1. The van der Waals surface area contributed by atoms with Crippen LogP contribution in [0.15, 0.2) is 30.6 Å². The molecule has 0 fully saturated rings. The molecule has 3 N–H and O–H groups in total. The van der Waals surface area contributed by atoms with Gasteiger partial charge in [-0.05, 0) is 31.0 Å². The van der Waals surface area contributed by atoms with E-state index in [1.807, 2.05) is 31.2 Å². The first-order chi connectivity index (χ1) is 10.2. The summed E-state index contributed by atoms with van der Waals surface area (Å²) in [5, 5.41) is 3.27. The van der Waals surface area contributed by atoms with Crippen LogP contribution in [0.5, 0.6) is 5.75 Å². The summed E-state index contributed by atoms with van der Waals surface area (Å²) >= 11 is 0. The van der Waals surface area contributed by atoms with Crippen molar-refractivity contribution in [2.75, 3.05) is 24.2 Å². The van der Waals surface area contributed by atoms with Crippen LogP contribution >= 0.6 is 0 Å². The largest absolute Gasteiger partial charge is 0.492 e. The summed E-state index contributed by atoms with van der Waals surface area (Å²) in [5.41, 5.74) is 8.07. The van der Waals surface area contributed by atoms with E-state index in [0.29, 0.717) is 19.0 Å². The summed E-state index contributed by atoms with van der Waals surface area (Å²) in [7, 11) is 0. The number of nitrogens with one attached hydrogen (secondary N) is 1. The molecule has 0 spiro atoms. The van der Waals surface area contributed by atoms with Gasteiger partial charge in [-0.15, -0.1) is 0 Å². The fourth-order valence-electron chi connectivity index (χ4n) is 2.12. The van der Waals surface area contributed by atoms with Gasteiger partial charge in [0.05, 0.1) is 6.54 Å². The van der Waals surface area contributed by atoms with Crippen LogP contribution in [0, 0.1) is 6.92 Å². The van der Waals surface area contributed by atoms with Crippen LogP contribution in [0.1, 0.15) is 24.5 Å². The molecule has 112 valence electrons. The summed E-state index contributed by atoms with van der Waals surface area (Å²) in [4.78, 5) is 8.30. The average Bonchev–Trinajstić information content (AvgIpc) is 2.47. The van der Waals surface area contributed by atoms with Crippen LogP contribution in [0.2, 0.25) is 0 Å². The Hall–Kier alpha value is -2.30. The van der Waals surface area contributed by atoms with Gasteiger partial charge in [-0.2, -0.15) is 0 Å². The smallest absolute Gasteiger partial charge is 0.134 e. The lowest BCUT2D eigenvalue weighted by Gasteiger charge is -2.12. The standard InChI is InChI=1S/C16H22N4O/c1-3-5-14-15(17)19-11-20-16(14)18-8-9-21-13-7-4-6-12(2)10-13/h4,6-7,10-11H,3,5,8-9H2,1-2H3,(H3,17,18,19,20). The Labute approximate surface area is 125 Å². The molecule has 0 aliphatic heterocycles. The normalized spacial score (nSPS) is 10.4. The Morgan fingerprint density at radius 3 is 2.90 bits per heavy atom. The minimum absolute atomic E-state index is 0.550. The summed E-state index contributed by atoms with van der Waals surface area (Å²) in [6, 6.07) is 8.01. The van der Waals surface area contributed by atoms with E-state index < -0.39 is 0 Å². The van der Waals surface area contributed by atoms with Crippen LogP contribution < -0.4 is 15.8 Å². The Morgan fingerprint density at radius 2 is 2.14 bits per heavy atom. The molecule has 0 aliphatic rings. The zero-order valence-electron chi connectivity index (χ0n) is 12.6. The van der Waals surface area contributed by atoms with E-state index in [1.54, 1.807) is 0 Å². The van der Waals surface area contributed by atoms with Crippen molar-refractivity contribution in [3.8, 4) is 5.75 Å². The number of hydrogen-bond acceptors (Lipinski definition) is 5. The molecule has 0 saturated carbocycles. The molecule has 0 atom stereocenters. The van der Waals surface area contributed by atoms with Crippen LogP contribution in [0.25, 0.3) is 0 Å². The minimum Gasteiger partial charge on any atom is -0.492 e. The van der Waals surface area contributed by atoms with E-state index >= 15 is 0 Å². The summed E-state index contributed by atoms with van der Waals surface area (Å²) in [6.07, 6.45) is 3.36. The van der Waals surface area contributed by atoms with Gasteiger partial charge < -0.3 is 15.8 Å². The molecule has 0 radical (unpaired) electrons. The monoisotopic (exact) mass is 286 g/mol. The Kier molecular flexibility index (Phi) is 5.37. The van der Waals surface area contributed by atoms with Gasteiger partial charge in [0, 0.05) is 5.56 Å². The second-order valence-corrected chi connectivity index (χ2v) is 4.93. The topological polar surface area (TPSA) is 73.1 Å². The molecule has 2 aromatic rings. The molecule has 1 heterocycles. The lowest BCUT2D eigenvalue weighted by atomic mass is 10.1. The Balaban J connectivity index is 1.87. The number of nitrogens with zero attached hydrogens (tertiary/aromatic N) is 2. The zero-order valence-corrected chi connectivity index (χ0v) is 12.6. The summed E-state index contributed by atoms with van der Waals surface area (Å²) in [6.45, 7) is 5.39. The number of hydrogen-bond donors (Lipinski definition) is 2. The first-order valence-electron chi connectivity index (χ1n) is 7.23. The SMILES string of the molecule is CCCc1c(N)ncnc1NCCOc1cccc(C)c1. The predicted octanol–water partition coefficient (Wildman–Crippen LogP) is 2.81. The van der Waals surface area contributed by atoms with Gasteiger partial charge in [-0.1, -0.05) is 25.5 Å². The molecule has 5 heteroatoms. The molecule has 0 saturated heterocycles. The number of nitrogens with two attached hydrogens (primary N) is 1. The van der Waals surface area contributed by atoms with E-state index in [4.69, 9.17) is 10.5 Å². The highest BCUT2D eigenvalue weighted by atomic mass is 16.5. The number of ether oxygens (including phenoxy) is 1. The number of nitrogen functional groups attached to an aromatic ring is 1. The number of aryl methyl sites for hydroxylation is 1. The van der Waals surface area contributed by atoms with Crippen molar-refractivity contribution >= 4 is 11.6 Å². The van der Waals surface area contributed by atoms with E-state index in [9.17, 15) is 0 Å². The van der Waals surface area contributed by atoms with Crippen molar-refractivity contribution in [1.29, 1.82) is 0 Å². The lowest BCUT2D eigenvalue weighted by molar-refractivity contribution is 0.332. The highest BCUT2D eigenvalue weighted by Gasteiger charge is 2.07. The number of rotatable bonds is 7. The molecule has 0 amide bonds. The molecule has 21 heavy (non-hydrogen) atoms. The molecule has 0 aliphatic carbocycles. The molecule has 5 nitrogen and oxygen atoms in total. The number of benzene rings is 1. The van der Waals surface area contributed by atoms with E-state index in [-0.39, 0.29) is 0 Å². The van der Waals surface area contributed by atoms with Gasteiger partial charge in [0.15, 0.2) is 0 Å². The predicted molar refractivity (Wildman–Crippen MR) is 85.6 cm³/mol. The van der Waals surface area contributed by atoms with Crippen LogP contribution in [-0.4, -0.2) is 23.1 Å². The summed E-state index contributed by atoms with van der Waals surface area (Å²) < 4.78 is 5.70. The van der Waals surface area contributed by atoms with Gasteiger partial charge in [0.1, 0.15) is 30.3 Å². The average molecular weight is 286 g/mol. The number of anilines is 2. The van der Waals surface area contributed by atoms with Gasteiger partial charge in [-0.25, -0.2) is 9.97 Å². The third-order valence-electron chi connectivity index (χ3n) is 3.13. The van der Waals surface area contributed by atoms with E-state index in [0.717, 1.165) is 30.0 Å². The maximum absolute atomic E-state index is 5.90. The third kappa shape index (κ3) is 4.34. The maximum atomic E-state index is 5.90. The van der Waals surface area contributed by atoms with Gasteiger partial charge >= 0.3 is 0 Å². The molecule has 0 bridgehead atoms. The van der Waals surface area contributed by atoms with Crippen molar-refractivity contribution in [2.24, 2.45) is 0 Å². The van der Waals surface area contributed by atoms with Crippen LogP contribution in [0.4, 0.5) is 11.6 Å². The molecule has 2 rings (SSSR count). The highest BCUT2D eigenvalue weighted by molar-refractivity contribution is 5.54. The Bertz CT molecular complexity index is 586. The van der Waals surface area contributed by atoms with Crippen molar-refractivity contribution in [3.63, 3.8) is 0 Å². The molecule has 1 aromatic carbocycles. The number of aromatic nitrogens is 2.